The van der Waals surface area contributed by atoms with Crippen LogP contribution in [0.3, 0.4) is 0 Å². The van der Waals surface area contributed by atoms with Crippen LogP contribution in [0.2, 0.25) is 0 Å². The van der Waals surface area contributed by atoms with Gasteiger partial charge in [-0.2, -0.15) is 0 Å². The Hall–Kier alpha value is -2.62. The molecule has 0 spiro atoms. The number of fused-ring (bicyclic) bond motifs is 2. The SMILES string of the molecule is CCCCCCCCOC(=O)N1CCC(=C2c3ccc(C)cc3CCc3cccnc32)CC1. The Balaban J connectivity index is 1.43. The number of carbonyl (C=O) groups is 1. The molecule has 1 saturated heterocycles. The van der Waals surface area contributed by atoms with E-state index in [4.69, 9.17) is 9.72 Å². The Labute approximate surface area is 199 Å². The van der Waals surface area contributed by atoms with Gasteiger partial charge in [-0.15, -0.1) is 0 Å². The molecule has 176 valence electrons. The maximum absolute atomic E-state index is 12.6. The highest BCUT2D eigenvalue weighted by atomic mass is 16.6. The van der Waals surface area contributed by atoms with Gasteiger partial charge in [0.2, 0.25) is 0 Å². The van der Waals surface area contributed by atoms with Crippen molar-refractivity contribution in [3.8, 4) is 0 Å². The largest absolute Gasteiger partial charge is 0.449 e. The highest BCUT2D eigenvalue weighted by Crippen LogP contribution is 2.38. The summed E-state index contributed by atoms with van der Waals surface area (Å²) < 4.78 is 5.57. The van der Waals surface area contributed by atoms with Crippen LogP contribution in [0.1, 0.15) is 86.2 Å². The Morgan fingerprint density at radius 1 is 0.970 bits per heavy atom. The van der Waals surface area contributed by atoms with Gasteiger partial charge in [0.15, 0.2) is 0 Å². The number of carbonyl (C=O) groups excluding carboxylic acids is 1. The van der Waals surface area contributed by atoms with Gasteiger partial charge in [-0.1, -0.05) is 74.4 Å². The van der Waals surface area contributed by atoms with E-state index in [1.165, 1.54) is 59.1 Å². The number of piperidine rings is 1. The lowest BCUT2D eigenvalue weighted by atomic mass is 9.88. The number of benzene rings is 1. The molecule has 4 rings (SSSR count). The zero-order chi connectivity index (χ0) is 23.0. The molecule has 0 radical (unpaired) electrons. The molecule has 33 heavy (non-hydrogen) atoms. The molecule has 1 fully saturated rings. The third-order valence-electron chi connectivity index (χ3n) is 7.02. The van der Waals surface area contributed by atoms with Crippen molar-refractivity contribution in [2.24, 2.45) is 0 Å². The van der Waals surface area contributed by atoms with Crippen molar-refractivity contribution in [1.29, 1.82) is 0 Å². The quantitative estimate of drug-likeness (QED) is 0.435. The smallest absolute Gasteiger partial charge is 0.409 e. The molecule has 2 aromatic rings. The number of nitrogens with zero attached hydrogens (tertiary/aromatic N) is 2. The van der Waals surface area contributed by atoms with E-state index in [1.54, 1.807) is 0 Å². The number of amides is 1. The van der Waals surface area contributed by atoms with Gasteiger partial charge in [0, 0.05) is 24.9 Å². The number of rotatable bonds is 7. The van der Waals surface area contributed by atoms with E-state index < -0.39 is 0 Å². The average Bonchev–Trinajstić information content (AvgIpc) is 3.00. The maximum atomic E-state index is 12.6. The van der Waals surface area contributed by atoms with Crippen molar-refractivity contribution >= 4 is 11.7 Å². The zero-order valence-corrected chi connectivity index (χ0v) is 20.4. The van der Waals surface area contributed by atoms with E-state index in [0.717, 1.165) is 57.3 Å². The first kappa shape index (κ1) is 23.5. The van der Waals surface area contributed by atoms with Crippen LogP contribution in [-0.2, 0) is 17.6 Å². The van der Waals surface area contributed by atoms with Crippen LogP contribution in [0.5, 0.6) is 0 Å². The number of pyridine rings is 1. The van der Waals surface area contributed by atoms with Crippen LogP contribution in [0.15, 0.2) is 42.1 Å². The van der Waals surface area contributed by atoms with Gasteiger partial charge >= 0.3 is 6.09 Å². The Bertz CT molecular complexity index is 985. The fraction of sp³-hybridized carbons (Fsp3) is 0.517. The van der Waals surface area contributed by atoms with Crippen molar-refractivity contribution in [1.82, 2.24) is 9.88 Å². The molecule has 1 aromatic carbocycles. The third-order valence-corrected chi connectivity index (χ3v) is 7.02. The normalized spacial score (nSPS) is 15.6. The van der Waals surface area contributed by atoms with Crippen LogP contribution in [0, 0.1) is 6.92 Å². The minimum absolute atomic E-state index is 0.150. The van der Waals surface area contributed by atoms with Gasteiger partial charge in [-0.25, -0.2) is 4.79 Å². The summed E-state index contributed by atoms with van der Waals surface area (Å²) in [6.45, 7) is 6.37. The van der Waals surface area contributed by atoms with Gasteiger partial charge in [0.1, 0.15) is 0 Å². The van der Waals surface area contributed by atoms with Crippen molar-refractivity contribution in [2.75, 3.05) is 19.7 Å². The molecular weight excluding hydrogens is 408 g/mol. The summed E-state index contributed by atoms with van der Waals surface area (Å²) in [4.78, 5) is 19.3. The summed E-state index contributed by atoms with van der Waals surface area (Å²) in [6, 6.07) is 11.1. The molecule has 1 aromatic heterocycles. The fourth-order valence-electron chi connectivity index (χ4n) is 5.14. The first-order valence-electron chi connectivity index (χ1n) is 12.8. The molecule has 0 unspecified atom stereocenters. The minimum atomic E-state index is -0.150. The fourth-order valence-corrected chi connectivity index (χ4v) is 5.14. The van der Waals surface area contributed by atoms with E-state index in [2.05, 4.69) is 38.1 Å². The second-order valence-electron chi connectivity index (χ2n) is 9.52. The first-order chi connectivity index (χ1) is 16.2. The van der Waals surface area contributed by atoms with Crippen molar-refractivity contribution in [2.45, 2.75) is 78.1 Å². The van der Waals surface area contributed by atoms with Crippen molar-refractivity contribution < 1.29 is 9.53 Å². The number of unbranched alkanes of at least 4 members (excludes halogenated alkanes) is 5. The molecule has 0 saturated carbocycles. The molecule has 1 aliphatic heterocycles. The molecule has 4 nitrogen and oxygen atoms in total. The van der Waals surface area contributed by atoms with Gasteiger partial charge < -0.3 is 9.64 Å². The number of aryl methyl sites for hydroxylation is 3. The lowest BCUT2D eigenvalue weighted by molar-refractivity contribution is 0.0978. The lowest BCUT2D eigenvalue weighted by Gasteiger charge is -2.29. The second kappa shape index (κ2) is 11.5. The highest BCUT2D eigenvalue weighted by molar-refractivity contribution is 5.84. The summed E-state index contributed by atoms with van der Waals surface area (Å²) in [6.07, 6.45) is 12.8. The number of likely N-dealkylation sites (tertiary alicyclic amines) is 1. The topological polar surface area (TPSA) is 42.4 Å². The maximum Gasteiger partial charge on any atom is 0.409 e. The Morgan fingerprint density at radius 3 is 2.55 bits per heavy atom. The molecular formula is C29H38N2O2. The minimum Gasteiger partial charge on any atom is -0.449 e. The molecule has 1 amide bonds. The molecule has 2 aliphatic rings. The summed E-state index contributed by atoms with van der Waals surface area (Å²) in [5, 5.41) is 0. The van der Waals surface area contributed by atoms with E-state index >= 15 is 0 Å². The lowest BCUT2D eigenvalue weighted by Crippen LogP contribution is -2.37. The van der Waals surface area contributed by atoms with Gasteiger partial charge in [0.25, 0.3) is 0 Å². The third kappa shape index (κ3) is 5.85. The molecule has 0 bridgehead atoms. The van der Waals surface area contributed by atoms with Gasteiger partial charge in [-0.3, -0.25) is 4.98 Å². The van der Waals surface area contributed by atoms with E-state index in [0.29, 0.717) is 6.61 Å². The summed E-state index contributed by atoms with van der Waals surface area (Å²) in [5.41, 5.74) is 9.23. The first-order valence-corrected chi connectivity index (χ1v) is 12.8. The second-order valence-corrected chi connectivity index (χ2v) is 9.52. The number of aromatic nitrogens is 1. The molecule has 0 N–H and O–H groups in total. The van der Waals surface area contributed by atoms with Crippen LogP contribution < -0.4 is 0 Å². The van der Waals surface area contributed by atoms with Crippen LogP contribution in [0.25, 0.3) is 5.57 Å². The molecule has 4 heteroatoms. The summed E-state index contributed by atoms with van der Waals surface area (Å²) in [7, 11) is 0. The van der Waals surface area contributed by atoms with Crippen molar-refractivity contribution in [3.05, 3.63) is 70.0 Å². The summed E-state index contributed by atoms with van der Waals surface area (Å²) >= 11 is 0. The Morgan fingerprint density at radius 2 is 1.73 bits per heavy atom. The standard InChI is InChI=1S/C29H38N2O2/c1-3-4-5-6-7-8-20-33-29(32)31-18-15-23(16-19-31)27-26-14-11-22(2)21-25(26)13-12-24-10-9-17-30-28(24)27/h9-11,14,17,21H,3-8,12-13,15-16,18-20H2,1-2H3. The average molecular weight is 447 g/mol. The number of hydrogen-bond donors (Lipinski definition) is 0. The molecule has 0 atom stereocenters. The van der Waals surface area contributed by atoms with E-state index in [1.807, 2.05) is 17.2 Å². The predicted molar refractivity (Wildman–Crippen MR) is 134 cm³/mol. The van der Waals surface area contributed by atoms with Gasteiger partial charge in [0.05, 0.1) is 12.3 Å². The van der Waals surface area contributed by atoms with Crippen molar-refractivity contribution in [3.63, 3.8) is 0 Å². The number of ether oxygens (including phenoxy) is 1. The van der Waals surface area contributed by atoms with Gasteiger partial charge in [-0.05, 0) is 61.8 Å². The Kier molecular flexibility index (Phi) is 8.20. The molecule has 1 aliphatic carbocycles. The van der Waals surface area contributed by atoms with E-state index in [-0.39, 0.29) is 6.09 Å². The monoisotopic (exact) mass is 446 g/mol. The predicted octanol–water partition coefficient (Wildman–Crippen LogP) is 6.88. The van der Waals surface area contributed by atoms with Crippen LogP contribution >= 0.6 is 0 Å². The van der Waals surface area contributed by atoms with E-state index in [9.17, 15) is 4.79 Å². The highest BCUT2D eigenvalue weighted by Gasteiger charge is 2.26. The van der Waals surface area contributed by atoms with Crippen LogP contribution in [-0.4, -0.2) is 35.7 Å². The zero-order valence-electron chi connectivity index (χ0n) is 20.4. The van der Waals surface area contributed by atoms with Crippen LogP contribution in [0.4, 0.5) is 4.79 Å². The number of hydrogen-bond acceptors (Lipinski definition) is 3. The summed E-state index contributed by atoms with van der Waals surface area (Å²) in [5.74, 6) is 0. The molecule has 2 heterocycles.